The van der Waals surface area contributed by atoms with Crippen LogP contribution in [0.2, 0.25) is 0 Å². The molecule has 0 spiro atoms. The maximum absolute atomic E-state index is 13.4. The first-order chi connectivity index (χ1) is 11.9. The highest BCUT2D eigenvalue weighted by atomic mass is 19.1. The van der Waals surface area contributed by atoms with Gasteiger partial charge in [-0.15, -0.1) is 0 Å². The lowest BCUT2D eigenvalue weighted by atomic mass is 10.1. The Hall–Kier alpha value is -3.03. The van der Waals surface area contributed by atoms with Crippen LogP contribution < -0.4 is 10.1 Å². The highest BCUT2D eigenvalue weighted by Crippen LogP contribution is 2.22. The summed E-state index contributed by atoms with van der Waals surface area (Å²) in [5, 5.41) is 13.2. The molecule has 0 fully saturated rings. The van der Waals surface area contributed by atoms with Crippen LogP contribution in [-0.4, -0.2) is 24.0 Å². The van der Waals surface area contributed by atoms with Gasteiger partial charge in [0.05, 0.1) is 4.92 Å². The van der Waals surface area contributed by atoms with Crippen molar-refractivity contribution in [2.24, 2.45) is 0 Å². The van der Waals surface area contributed by atoms with Crippen molar-refractivity contribution < 1.29 is 23.2 Å². The summed E-state index contributed by atoms with van der Waals surface area (Å²) in [6.07, 6.45) is 0.0148. The Bertz CT molecular complexity index is 776. The van der Waals surface area contributed by atoms with Crippen LogP contribution in [0.1, 0.15) is 11.1 Å². The molecule has 2 aromatic rings. The van der Waals surface area contributed by atoms with Gasteiger partial charge in [-0.05, 0) is 37.6 Å². The third-order valence-corrected chi connectivity index (χ3v) is 3.49. The molecule has 8 heteroatoms. The van der Waals surface area contributed by atoms with E-state index in [1.165, 1.54) is 24.3 Å². The first-order valence-electron chi connectivity index (χ1n) is 7.46. The molecule has 0 saturated carbocycles. The number of aryl methyl sites for hydroxylation is 1. The van der Waals surface area contributed by atoms with Crippen molar-refractivity contribution in [2.75, 3.05) is 13.2 Å². The first-order valence-corrected chi connectivity index (χ1v) is 7.46. The topological polar surface area (TPSA) is 81.5 Å². The van der Waals surface area contributed by atoms with Gasteiger partial charge in [0.25, 0.3) is 11.6 Å². The van der Waals surface area contributed by atoms with E-state index in [4.69, 9.17) is 4.74 Å². The summed E-state index contributed by atoms with van der Waals surface area (Å²) in [4.78, 5) is 21.9. The summed E-state index contributed by atoms with van der Waals surface area (Å²) >= 11 is 0. The second kappa shape index (κ2) is 8.18. The molecule has 0 aromatic heterocycles. The number of carbonyl (C=O) groups is 1. The van der Waals surface area contributed by atoms with Gasteiger partial charge in [-0.25, -0.2) is 8.78 Å². The minimum Gasteiger partial charge on any atom is -0.484 e. The number of hydrogen-bond acceptors (Lipinski definition) is 4. The molecule has 0 heterocycles. The molecule has 0 aliphatic carbocycles. The van der Waals surface area contributed by atoms with Crippen LogP contribution in [0.3, 0.4) is 0 Å². The predicted octanol–water partition coefficient (Wildman–Crippen LogP) is 2.92. The SMILES string of the molecule is Cc1cc(OCC(=O)NCCc2c(F)cccc2F)ccc1[N+](=O)[O-]. The monoisotopic (exact) mass is 350 g/mol. The molecule has 0 bridgehead atoms. The maximum Gasteiger partial charge on any atom is 0.272 e. The molecule has 0 radical (unpaired) electrons. The second-order valence-electron chi connectivity index (χ2n) is 5.29. The number of nitro benzene ring substituents is 1. The fourth-order valence-corrected chi connectivity index (χ4v) is 2.22. The van der Waals surface area contributed by atoms with Gasteiger partial charge >= 0.3 is 0 Å². The lowest BCUT2D eigenvalue weighted by Crippen LogP contribution is -2.30. The molecule has 0 aliphatic rings. The number of rotatable bonds is 7. The number of nitro groups is 1. The van der Waals surface area contributed by atoms with Crippen molar-refractivity contribution in [1.29, 1.82) is 0 Å². The number of amides is 1. The Morgan fingerprint density at radius 1 is 1.24 bits per heavy atom. The van der Waals surface area contributed by atoms with Crippen LogP contribution in [0, 0.1) is 28.7 Å². The first kappa shape index (κ1) is 18.3. The van der Waals surface area contributed by atoms with E-state index in [0.717, 1.165) is 12.1 Å². The Kier molecular flexibility index (Phi) is 5.99. The van der Waals surface area contributed by atoms with Crippen LogP contribution in [0.4, 0.5) is 14.5 Å². The summed E-state index contributed by atoms with van der Waals surface area (Å²) in [5.74, 6) is -1.47. The lowest BCUT2D eigenvalue weighted by molar-refractivity contribution is -0.385. The molecule has 0 saturated heterocycles. The molecule has 2 rings (SSSR count). The van der Waals surface area contributed by atoms with E-state index in [-0.39, 0.29) is 30.8 Å². The van der Waals surface area contributed by atoms with E-state index in [2.05, 4.69) is 5.32 Å². The Labute approximate surface area is 142 Å². The molecule has 0 unspecified atom stereocenters. The standard InChI is InChI=1S/C17H16F2N2O4/c1-11-9-12(5-6-16(11)21(23)24)25-10-17(22)20-8-7-13-14(18)3-2-4-15(13)19/h2-6,9H,7-8,10H2,1H3,(H,20,22). The van der Waals surface area contributed by atoms with Crippen molar-refractivity contribution in [3.8, 4) is 5.75 Å². The second-order valence-corrected chi connectivity index (χ2v) is 5.29. The van der Waals surface area contributed by atoms with Crippen LogP contribution >= 0.6 is 0 Å². The van der Waals surface area contributed by atoms with Crippen molar-refractivity contribution >= 4 is 11.6 Å². The molecule has 25 heavy (non-hydrogen) atoms. The number of benzene rings is 2. The van der Waals surface area contributed by atoms with Gasteiger partial charge in [0, 0.05) is 23.7 Å². The number of nitrogens with one attached hydrogen (secondary N) is 1. The number of hydrogen-bond donors (Lipinski definition) is 1. The van der Waals surface area contributed by atoms with Crippen LogP contribution in [0.25, 0.3) is 0 Å². The maximum atomic E-state index is 13.4. The van der Waals surface area contributed by atoms with Gasteiger partial charge in [0.1, 0.15) is 17.4 Å². The van der Waals surface area contributed by atoms with E-state index in [9.17, 15) is 23.7 Å². The van der Waals surface area contributed by atoms with Gasteiger partial charge in [0.15, 0.2) is 6.61 Å². The van der Waals surface area contributed by atoms with Crippen molar-refractivity contribution in [3.63, 3.8) is 0 Å². The highest BCUT2D eigenvalue weighted by Gasteiger charge is 2.12. The average molecular weight is 350 g/mol. The quantitative estimate of drug-likeness (QED) is 0.615. The molecular weight excluding hydrogens is 334 g/mol. The van der Waals surface area contributed by atoms with E-state index in [0.29, 0.717) is 11.3 Å². The molecular formula is C17H16F2N2O4. The summed E-state index contributed by atoms with van der Waals surface area (Å²) < 4.78 is 32.1. The zero-order chi connectivity index (χ0) is 18.4. The fourth-order valence-electron chi connectivity index (χ4n) is 2.22. The third-order valence-electron chi connectivity index (χ3n) is 3.49. The molecule has 1 amide bonds. The van der Waals surface area contributed by atoms with E-state index in [1.54, 1.807) is 6.92 Å². The van der Waals surface area contributed by atoms with E-state index >= 15 is 0 Å². The zero-order valence-electron chi connectivity index (χ0n) is 13.4. The molecule has 6 nitrogen and oxygen atoms in total. The number of halogens is 2. The fraction of sp³-hybridized carbons (Fsp3) is 0.235. The minimum atomic E-state index is -0.660. The molecule has 1 N–H and O–H groups in total. The predicted molar refractivity (Wildman–Crippen MR) is 86.4 cm³/mol. The van der Waals surface area contributed by atoms with Crippen LogP contribution in [0.5, 0.6) is 5.75 Å². The normalized spacial score (nSPS) is 10.4. The lowest BCUT2D eigenvalue weighted by Gasteiger charge is -2.09. The zero-order valence-corrected chi connectivity index (χ0v) is 13.4. The summed E-state index contributed by atoms with van der Waals surface area (Å²) in [6.45, 7) is 1.31. The van der Waals surface area contributed by atoms with Gasteiger partial charge in [0.2, 0.25) is 0 Å². The summed E-state index contributed by atoms with van der Waals surface area (Å²) in [5.41, 5.74) is 0.288. The highest BCUT2D eigenvalue weighted by molar-refractivity contribution is 5.77. The number of nitrogens with zero attached hydrogens (tertiary/aromatic N) is 1. The summed E-state index contributed by atoms with van der Waals surface area (Å²) in [6, 6.07) is 7.73. The molecule has 2 aromatic carbocycles. The van der Waals surface area contributed by atoms with Gasteiger partial charge in [-0.1, -0.05) is 6.07 Å². The average Bonchev–Trinajstić information content (AvgIpc) is 2.55. The molecule has 132 valence electrons. The Morgan fingerprint density at radius 2 is 1.92 bits per heavy atom. The Morgan fingerprint density at radius 3 is 2.52 bits per heavy atom. The van der Waals surface area contributed by atoms with Gasteiger partial charge in [-0.3, -0.25) is 14.9 Å². The van der Waals surface area contributed by atoms with E-state index in [1.807, 2.05) is 0 Å². The summed E-state index contributed by atoms with van der Waals surface area (Å²) in [7, 11) is 0. The molecule has 0 aliphatic heterocycles. The largest absolute Gasteiger partial charge is 0.484 e. The van der Waals surface area contributed by atoms with E-state index < -0.39 is 22.5 Å². The Balaban J connectivity index is 1.81. The van der Waals surface area contributed by atoms with Gasteiger partial charge < -0.3 is 10.1 Å². The van der Waals surface area contributed by atoms with Crippen molar-refractivity contribution in [1.82, 2.24) is 5.32 Å². The number of ether oxygens (including phenoxy) is 1. The minimum absolute atomic E-state index is 0.0148. The third kappa shape index (κ3) is 4.97. The van der Waals surface area contributed by atoms with Gasteiger partial charge in [-0.2, -0.15) is 0 Å². The van der Waals surface area contributed by atoms with Crippen molar-refractivity contribution in [3.05, 3.63) is 69.3 Å². The van der Waals surface area contributed by atoms with Crippen LogP contribution in [0.15, 0.2) is 36.4 Å². The molecule has 0 atom stereocenters. The smallest absolute Gasteiger partial charge is 0.272 e. The van der Waals surface area contributed by atoms with Crippen molar-refractivity contribution in [2.45, 2.75) is 13.3 Å². The van der Waals surface area contributed by atoms with Crippen LogP contribution in [-0.2, 0) is 11.2 Å². The number of carbonyl (C=O) groups excluding carboxylic acids is 1.